The largest absolute Gasteiger partial charge is 0.481 e. The van der Waals surface area contributed by atoms with Gasteiger partial charge in [0, 0.05) is 25.2 Å². The molecule has 1 fully saturated rings. The van der Waals surface area contributed by atoms with Crippen LogP contribution in [-0.4, -0.2) is 36.2 Å². The number of nitrogens with one attached hydrogen (secondary N) is 1. The predicted molar refractivity (Wildman–Crippen MR) is 71.9 cm³/mol. The first kappa shape index (κ1) is 13.8. The zero-order chi connectivity index (χ0) is 13.8. The predicted octanol–water partition coefficient (Wildman–Crippen LogP) is 1.86. The number of nitrogens with zero attached hydrogens (tertiary/aromatic N) is 1. The number of carbonyl (C=O) groups is 1. The Hall–Kier alpha value is -1.62. The van der Waals surface area contributed by atoms with Crippen LogP contribution in [0.4, 0.5) is 10.1 Å². The van der Waals surface area contributed by atoms with E-state index < -0.39 is 5.97 Å². The molecule has 2 N–H and O–H groups in total. The molecule has 0 bridgehead atoms. The molecule has 1 heterocycles. The van der Waals surface area contributed by atoms with E-state index >= 15 is 0 Å². The highest BCUT2D eigenvalue weighted by atomic mass is 19.1. The fraction of sp³-hybridized carbons (Fsp3) is 0.500. The molecule has 19 heavy (non-hydrogen) atoms. The lowest BCUT2D eigenvalue weighted by Crippen LogP contribution is -2.41. The molecule has 0 spiro atoms. The number of hydrogen-bond acceptors (Lipinski definition) is 3. The summed E-state index contributed by atoms with van der Waals surface area (Å²) in [7, 11) is 0. The first-order valence-corrected chi connectivity index (χ1v) is 6.53. The molecule has 2 rings (SSSR count). The van der Waals surface area contributed by atoms with Crippen molar-refractivity contribution < 1.29 is 14.3 Å². The Balaban J connectivity index is 2.16. The molecule has 0 aromatic heterocycles. The Labute approximate surface area is 112 Å². The third-order valence-corrected chi connectivity index (χ3v) is 3.41. The minimum atomic E-state index is -0.833. The van der Waals surface area contributed by atoms with Crippen molar-refractivity contribution in [2.24, 2.45) is 0 Å². The van der Waals surface area contributed by atoms with Gasteiger partial charge in [-0.3, -0.25) is 4.79 Å². The highest BCUT2D eigenvalue weighted by Crippen LogP contribution is 2.21. The maximum Gasteiger partial charge on any atom is 0.304 e. The Morgan fingerprint density at radius 1 is 1.53 bits per heavy atom. The summed E-state index contributed by atoms with van der Waals surface area (Å²) in [4.78, 5) is 12.8. The van der Waals surface area contributed by atoms with Crippen molar-refractivity contribution in [2.75, 3.05) is 18.0 Å². The number of aliphatic carboxylic acids is 1. The number of halogens is 1. The molecule has 104 valence electrons. The quantitative estimate of drug-likeness (QED) is 0.876. The molecular formula is C14H19FN2O2. The van der Waals surface area contributed by atoms with Crippen molar-refractivity contribution in [1.82, 2.24) is 5.32 Å². The van der Waals surface area contributed by atoms with Gasteiger partial charge in [-0.2, -0.15) is 0 Å². The van der Waals surface area contributed by atoms with E-state index in [1.807, 2.05) is 11.8 Å². The lowest BCUT2D eigenvalue weighted by molar-refractivity contribution is -0.137. The first-order chi connectivity index (χ1) is 9.06. The van der Waals surface area contributed by atoms with Crippen LogP contribution in [0.5, 0.6) is 0 Å². The van der Waals surface area contributed by atoms with Crippen molar-refractivity contribution >= 4 is 11.7 Å². The number of rotatable bonds is 3. The number of hydrogen-bond donors (Lipinski definition) is 2. The van der Waals surface area contributed by atoms with Crippen molar-refractivity contribution in [3.8, 4) is 0 Å². The van der Waals surface area contributed by atoms with Crippen LogP contribution < -0.4 is 10.2 Å². The molecule has 0 aliphatic carbocycles. The van der Waals surface area contributed by atoms with Crippen molar-refractivity contribution in [3.63, 3.8) is 0 Å². The van der Waals surface area contributed by atoms with Crippen LogP contribution in [0.15, 0.2) is 24.3 Å². The van der Waals surface area contributed by atoms with Crippen LogP contribution in [0.25, 0.3) is 0 Å². The maximum absolute atomic E-state index is 13.8. The average Bonchev–Trinajstić information content (AvgIpc) is 2.51. The van der Waals surface area contributed by atoms with Crippen LogP contribution in [0, 0.1) is 5.82 Å². The average molecular weight is 266 g/mol. The van der Waals surface area contributed by atoms with Gasteiger partial charge in [0.2, 0.25) is 0 Å². The van der Waals surface area contributed by atoms with Gasteiger partial charge in [-0.1, -0.05) is 12.1 Å². The Morgan fingerprint density at radius 2 is 2.26 bits per heavy atom. The van der Waals surface area contributed by atoms with Gasteiger partial charge >= 0.3 is 5.97 Å². The molecular weight excluding hydrogens is 247 g/mol. The number of carboxylic acids is 1. The van der Waals surface area contributed by atoms with Gasteiger partial charge in [-0.15, -0.1) is 0 Å². The van der Waals surface area contributed by atoms with Gasteiger partial charge in [-0.05, 0) is 25.5 Å². The van der Waals surface area contributed by atoms with E-state index in [-0.39, 0.29) is 24.3 Å². The highest BCUT2D eigenvalue weighted by Gasteiger charge is 2.24. The molecule has 2 unspecified atom stereocenters. The SMILES string of the molecule is CC1CCN(c2ccccc2F)CC(CC(=O)O)N1. The van der Waals surface area contributed by atoms with Crippen LogP contribution in [0.1, 0.15) is 19.8 Å². The standard InChI is InChI=1S/C14H19FN2O2/c1-10-6-7-17(9-11(16-10)8-14(18)19)13-5-3-2-4-12(13)15/h2-5,10-11,16H,6-9H2,1H3,(H,18,19). The Morgan fingerprint density at radius 3 is 2.95 bits per heavy atom. The van der Waals surface area contributed by atoms with Crippen LogP contribution in [-0.2, 0) is 4.79 Å². The second-order valence-electron chi connectivity index (χ2n) is 5.05. The van der Waals surface area contributed by atoms with E-state index in [0.29, 0.717) is 12.2 Å². The summed E-state index contributed by atoms with van der Waals surface area (Å²) < 4.78 is 13.8. The summed E-state index contributed by atoms with van der Waals surface area (Å²) in [6, 6.07) is 6.71. The minimum Gasteiger partial charge on any atom is -0.481 e. The summed E-state index contributed by atoms with van der Waals surface area (Å²) >= 11 is 0. The topological polar surface area (TPSA) is 52.6 Å². The zero-order valence-electron chi connectivity index (χ0n) is 11.0. The third-order valence-electron chi connectivity index (χ3n) is 3.41. The zero-order valence-corrected chi connectivity index (χ0v) is 11.0. The molecule has 0 amide bonds. The molecule has 1 aromatic carbocycles. The first-order valence-electron chi connectivity index (χ1n) is 6.53. The number of para-hydroxylation sites is 1. The molecule has 1 aliphatic heterocycles. The number of anilines is 1. The smallest absolute Gasteiger partial charge is 0.304 e. The van der Waals surface area contributed by atoms with E-state index in [1.54, 1.807) is 18.2 Å². The maximum atomic E-state index is 13.8. The summed E-state index contributed by atoms with van der Waals surface area (Å²) in [5.41, 5.74) is 0.550. The number of benzene rings is 1. The minimum absolute atomic E-state index is 0.0509. The van der Waals surface area contributed by atoms with Crippen LogP contribution in [0.3, 0.4) is 0 Å². The molecule has 4 nitrogen and oxygen atoms in total. The summed E-state index contributed by atoms with van der Waals surface area (Å²) in [6.45, 7) is 3.27. The lowest BCUT2D eigenvalue weighted by Gasteiger charge is -2.26. The third kappa shape index (κ3) is 3.67. The van der Waals surface area contributed by atoms with Crippen molar-refractivity contribution in [2.45, 2.75) is 31.8 Å². The van der Waals surface area contributed by atoms with E-state index in [1.165, 1.54) is 6.07 Å². The van der Waals surface area contributed by atoms with Crippen molar-refractivity contribution in [1.29, 1.82) is 0 Å². The summed E-state index contributed by atoms with van der Waals surface area (Å²) in [5.74, 6) is -1.09. The fourth-order valence-electron chi connectivity index (χ4n) is 2.51. The number of carboxylic acid groups (broad SMARTS) is 1. The summed E-state index contributed by atoms with van der Waals surface area (Å²) in [5, 5.41) is 12.2. The lowest BCUT2D eigenvalue weighted by atomic mass is 10.1. The van der Waals surface area contributed by atoms with Gasteiger partial charge < -0.3 is 15.3 Å². The molecule has 1 aliphatic rings. The van der Waals surface area contributed by atoms with E-state index in [2.05, 4.69) is 5.32 Å². The van der Waals surface area contributed by atoms with Gasteiger partial charge in [0.25, 0.3) is 0 Å². The second kappa shape index (κ2) is 6.02. The Kier molecular flexibility index (Phi) is 4.37. The van der Waals surface area contributed by atoms with Crippen LogP contribution in [0.2, 0.25) is 0 Å². The van der Waals surface area contributed by atoms with Gasteiger partial charge in [0.05, 0.1) is 12.1 Å². The highest BCUT2D eigenvalue weighted by molar-refractivity contribution is 5.67. The van der Waals surface area contributed by atoms with Crippen molar-refractivity contribution in [3.05, 3.63) is 30.1 Å². The second-order valence-corrected chi connectivity index (χ2v) is 5.05. The summed E-state index contributed by atoms with van der Waals surface area (Å²) in [6.07, 6.45) is 0.916. The molecule has 2 atom stereocenters. The molecule has 0 radical (unpaired) electrons. The molecule has 0 saturated carbocycles. The molecule has 1 saturated heterocycles. The van der Waals surface area contributed by atoms with Gasteiger partial charge in [0.1, 0.15) is 5.82 Å². The normalized spacial score (nSPS) is 24.0. The monoisotopic (exact) mass is 266 g/mol. The van der Waals surface area contributed by atoms with Crippen LogP contribution >= 0.6 is 0 Å². The van der Waals surface area contributed by atoms with Gasteiger partial charge in [0.15, 0.2) is 0 Å². The van der Waals surface area contributed by atoms with E-state index in [9.17, 15) is 9.18 Å². The van der Waals surface area contributed by atoms with E-state index in [0.717, 1.165) is 13.0 Å². The van der Waals surface area contributed by atoms with E-state index in [4.69, 9.17) is 5.11 Å². The molecule has 1 aromatic rings. The Bertz CT molecular complexity index is 453. The van der Waals surface area contributed by atoms with Gasteiger partial charge in [-0.25, -0.2) is 4.39 Å². The molecule has 5 heteroatoms. The fourth-order valence-corrected chi connectivity index (χ4v) is 2.51.